The van der Waals surface area contributed by atoms with Crippen LogP contribution in [0.25, 0.3) is 0 Å². The largest absolute Gasteiger partial charge is 0.493 e. The van der Waals surface area contributed by atoms with E-state index in [9.17, 15) is 9.90 Å². The van der Waals surface area contributed by atoms with Gasteiger partial charge in [0, 0.05) is 19.8 Å². The van der Waals surface area contributed by atoms with Crippen LogP contribution in [0.3, 0.4) is 0 Å². The summed E-state index contributed by atoms with van der Waals surface area (Å²) in [6.07, 6.45) is 2.56. The number of hydrogen-bond acceptors (Lipinski definition) is 6. The van der Waals surface area contributed by atoms with Gasteiger partial charge in [-0.15, -0.1) is 0 Å². The van der Waals surface area contributed by atoms with E-state index < -0.39 is 24.0 Å². The van der Waals surface area contributed by atoms with Crippen LogP contribution in [0.15, 0.2) is 18.2 Å². The molecule has 1 rings (SSSR count). The number of nitrogens with two attached hydrogens (primary N) is 1. The van der Waals surface area contributed by atoms with Crippen molar-refractivity contribution in [1.29, 1.82) is 0 Å². The summed E-state index contributed by atoms with van der Waals surface area (Å²) in [5.74, 6) is 0.484. The van der Waals surface area contributed by atoms with Crippen LogP contribution in [0.2, 0.25) is 0 Å². The van der Waals surface area contributed by atoms with Crippen molar-refractivity contribution in [1.82, 2.24) is 0 Å². The van der Waals surface area contributed by atoms with E-state index in [1.807, 2.05) is 18.2 Å². The van der Waals surface area contributed by atoms with Gasteiger partial charge in [-0.3, -0.25) is 4.79 Å². The van der Waals surface area contributed by atoms with Gasteiger partial charge in [-0.2, -0.15) is 0 Å². The van der Waals surface area contributed by atoms with E-state index in [1.54, 1.807) is 21.1 Å². The first-order chi connectivity index (χ1) is 14.7. The van der Waals surface area contributed by atoms with Gasteiger partial charge in [0.25, 0.3) is 0 Å². The summed E-state index contributed by atoms with van der Waals surface area (Å²) in [5, 5.41) is 19.4. The first-order valence-corrected chi connectivity index (χ1v) is 11.1. The monoisotopic (exact) mass is 439 g/mol. The Kier molecular flexibility index (Phi) is 12.5. The molecule has 0 saturated carbocycles. The van der Waals surface area contributed by atoms with Crippen LogP contribution >= 0.6 is 0 Å². The predicted octanol–water partition coefficient (Wildman–Crippen LogP) is 3.50. The van der Waals surface area contributed by atoms with Gasteiger partial charge in [0.2, 0.25) is 0 Å². The quantitative estimate of drug-likeness (QED) is 0.338. The predicted molar refractivity (Wildman–Crippen MR) is 122 cm³/mol. The fraction of sp³-hybridized carbons (Fsp3) is 0.708. The zero-order valence-electron chi connectivity index (χ0n) is 19.7. The number of carbonyl (C=O) groups is 1. The zero-order valence-corrected chi connectivity index (χ0v) is 19.7. The van der Waals surface area contributed by atoms with Crippen LogP contribution in [0.5, 0.6) is 11.5 Å². The lowest BCUT2D eigenvalue weighted by atomic mass is 9.82. The van der Waals surface area contributed by atoms with E-state index in [1.165, 1.54) is 0 Å². The van der Waals surface area contributed by atoms with E-state index in [-0.39, 0.29) is 12.3 Å². The third-order valence-electron chi connectivity index (χ3n) is 5.75. The van der Waals surface area contributed by atoms with Crippen LogP contribution in [0.1, 0.15) is 52.0 Å². The number of ether oxygens (including phenoxy) is 3. The number of carboxylic acid groups (broad SMARTS) is 1. The molecule has 0 aliphatic heterocycles. The zero-order chi connectivity index (χ0) is 23.4. The Morgan fingerprint density at radius 1 is 1.06 bits per heavy atom. The highest BCUT2D eigenvalue weighted by Gasteiger charge is 2.26. The second-order valence-electron chi connectivity index (χ2n) is 8.68. The summed E-state index contributed by atoms with van der Waals surface area (Å²) in [6.45, 7) is 7.18. The molecule has 31 heavy (non-hydrogen) atoms. The number of methoxy groups -OCH3 is 2. The molecule has 0 heterocycles. The first-order valence-electron chi connectivity index (χ1n) is 11.1. The second kappa shape index (κ2) is 14.3. The summed E-state index contributed by atoms with van der Waals surface area (Å²) in [7, 11) is 3.32. The van der Waals surface area contributed by atoms with Crippen LogP contribution in [0.4, 0.5) is 0 Å². The molecule has 4 atom stereocenters. The smallest absolute Gasteiger partial charge is 0.306 e. The molecule has 0 saturated heterocycles. The van der Waals surface area contributed by atoms with Crippen molar-refractivity contribution in [2.45, 2.75) is 65.0 Å². The number of hydrogen-bond donors (Lipinski definition) is 3. The van der Waals surface area contributed by atoms with Crippen molar-refractivity contribution in [2.24, 2.45) is 23.5 Å². The number of carboxylic acids is 1. The Bertz CT molecular complexity index is 651. The Morgan fingerprint density at radius 2 is 1.74 bits per heavy atom. The third-order valence-corrected chi connectivity index (χ3v) is 5.75. The van der Waals surface area contributed by atoms with Crippen molar-refractivity contribution in [3.63, 3.8) is 0 Å². The van der Waals surface area contributed by atoms with Gasteiger partial charge < -0.3 is 30.2 Å². The molecule has 1 aromatic rings. The maximum atomic E-state index is 11.1. The van der Waals surface area contributed by atoms with E-state index in [0.29, 0.717) is 31.3 Å². The maximum Gasteiger partial charge on any atom is 0.306 e. The number of aliphatic hydroxyl groups excluding tert-OH is 1. The molecule has 1 aromatic carbocycles. The molecule has 0 amide bonds. The van der Waals surface area contributed by atoms with Gasteiger partial charge in [0.05, 0.1) is 25.7 Å². The summed E-state index contributed by atoms with van der Waals surface area (Å²) < 4.78 is 16.4. The van der Waals surface area contributed by atoms with E-state index in [2.05, 4.69) is 13.8 Å². The first kappa shape index (κ1) is 27.2. The topological polar surface area (TPSA) is 111 Å². The molecule has 0 radical (unpaired) electrons. The molecule has 4 N–H and O–H groups in total. The van der Waals surface area contributed by atoms with Crippen molar-refractivity contribution in [3.05, 3.63) is 23.8 Å². The molecule has 178 valence electrons. The summed E-state index contributed by atoms with van der Waals surface area (Å²) in [6, 6.07) is 5.49. The lowest BCUT2D eigenvalue weighted by Crippen LogP contribution is -2.39. The minimum atomic E-state index is -0.917. The highest BCUT2D eigenvalue weighted by molar-refractivity contribution is 5.69. The SMILES string of the molecule is COCCCCOc1cc(CC(CC(N)C(O)CC(C)C(=O)O)C(C)C)ccc1OC. The number of aliphatic hydroxyl groups is 1. The van der Waals surface area contributed by atoms with Crippen molar-refractivity contribution < 1.29 is 29.2 Å². The van der Waals surface area contributed by atoms with E-state index >= 15 is 0 Å². The number of aliphatic carboxylic acids is 1. The standard InChI is InChI=1S/C24H41NO6/c1-16(2)19(15-20(25)21(26)12-17(3)24(27)28)13-18-8-9-22(30-5)23(14-18)31-11-7-6-10-29-4/h8-9,14,16-17,19-21,26H,6-7,10-13,15,25H2,1-5H3,(H,27,28). The highest BCUT2D eigenvalue weighted by Crippen LogP contribution is 2.31. The van der Waals surface area contributed by atoms with Gasteiger partial charge in [-0.05, 0) is 61.6 Å². The fourth-order valence-corrected chi connectivity index (χ4v) is 3.53. The van der Waals surface area contributed by atoms with Crippen LogP contribution in [0, 0.1) is 17.8 Å². The normalized spacial score (nSPS) is 15.4. The highest BCUT2D eigenvalue weighted by atomic mass is 16.5. The number of rotatable bonds is 16. The van der Waals surface area contributed by atoms with Crippen LogP contribution in [-0.2, 0) is 16.0 Å². The van der Waals surface area contributed by atoms with Gasteiger partial charge in [0.15, 0.2) is 11.5 Å². The van der Waals surface area contributed by atoms with Gasteiger partial charge in [-0.25, -0.2) is 0 Å². The summed E-state index contributed by atoms with van der Waals surface area (Å²) in [4.78, 5) is 11.1. The molecular weight excluding hydrogens is 398 g/mol. The molecule has 7 heteroatoms. The lowest BCUT2D eigenvalue weighted by Gasteiger charge is -2.28. The molecule has 0 bridgehead atoms. The average molecular weight is 440 g/mol. The number of unbranched alkanes of at least 4 members (excludes halogenated alkanes) is 1. The van der Waals surface area contributed by atoms with Crippen molar-refractivity contribution in [3.8, 4) is 11.5 Å². The summed E-state index contributed by atoms with van der Waals surface area (Å²) in [5.41, 5.74) is 7.36. The Morgan fingerprint density at radius 3 is 2.32 bits per heavy atom. The molecular formula is C24H41NO6. The molecule has 0 aliphatic carbocycles. The summed E-state index contributed by atoms with van der Waals surface area (Å²) >= 11 is 0. The lowest BCUT2D eigenvalue weighted by molar-refractivity contribution is -0.142. The molecule has 0 aromatic heterocycles. The third kappa shape index (κ3) is 9.89. The van der Waals surface area contributed by atoms with E-state index in [0.717, 1.165) is 30.6 Å². The molecule has 4 unspecified atom stereocenters. The second-order valence-corrected chi connectivity index (χ2v) is 8.68. The fourth-order valence-electron chi connectivity index (χ4n) is 3.53. The molecule has 0 fully saturated rings. The Labute approximate surface area is 186 Å². The van der Waals surface area contributed by atoms with Gasteiger partial charge in [0.1, 0.15) is 0 Å². The molecule has 0 aliphatic rings. The Hall–Kier alpha value is -1.83. The van der Waals surface area contributed by atoms with Crippen molar-refractivity contribution >= 4 is 5.97 Å². The van der Waals surface area contributed by atoms with E-state index in [4.69, 9.17) is 25.1 Å². The Balaban J connectivity index is 2.78. The van der Waals surface area contributed by atoms with Crippen LogP contribution in [-0.4, -0.2) is 55.8 Å². The van der Waals surface area contributed by atoms with Gasteiger partial charge >= 0.3 is 5.97 Å². The van der Waals surface area contributed by atoms with Gasteiger partial charge in [-0.1, -0.05) is 26.8 Å². The molecule has 0 spiro atoms. The maximum absolute atomic E-state index is 11.1. The molecule has 7 nitrogen and oxygen atoms in total. The number of benzene rings is 1. The average Bonchev–Trinajstić information content (AvgIpc) is 2.72. The van der Waals surface area contributed by atoms with Crippen molar-refractivity contribution in [2.75, 3.05) is 27.4 Å². The van der Waals surface area contributed by atoms with Crippen LogP contribution < -0.4 is 15.2 Å². The minimum absolute atomic E-state index is 0.158. The minimum Gasteiger partial charge on any atom is -0.493 e.